The number of methoxy groups -OCH3 is 1. The monoisotopic (exact) mass is 398 g/mol. The minimum atomic E-state index is -1.21. The maximum atomic E-state index is 5.83. The van der Waals surface area contributed by atoms with Crippen molar-refractivity contribution < 1.29 is 28.1 Å². The molecule has 0 fully saturated rings. The summed E-state index contributed by atoms with van der Waals surface area (Å²) >= 11 is -1.21. The number of rotatable bonds is 4. The molecule has 1 atom stereocenters. The van der Waals surface area contributed by atoms with Gasteiger partial charge in [0, 0.05) is 0 Å². The summed E-state index contributed by atoms with van der Waals surface area (Å²) in [6, 6.07) is 10.2. The summed E-state index contributed by atoms with van der Waals surface area (Å²) in [5, 5.41) is 0. The van der Waals surface area contributed by atoms with Crippen LogP contribution >= 0.6 is 8.25 Å². The van der Waals surface area contributed by atoms with Crippen molar-refractivity contribution in [1.82, 2.24) is 0 Å². The van der Waals surface area contributed by atoms with Crippen LogP contribution in [-0.2, 0) is 33.7 Å². The summed E-state index contributed by atoms with van der Waals surface area (Å²) in [5.41, 5.74) is 0.841. The Labute approximate surface area is 101 Å². The first-order valence-electron chi connectivity index (χ1n) is 4.57. The van der Waals surface area contributed by atoms with Crippen molar-refractivity contribution in [2.75, 3.05) is 7.11 Å². The van der Waals surface area contributed by atoms with E-state index >= 15 is 0 Å². The zero-order chi connectivity index (χ0) is 10.4. The molecular weight excluding hydrogens is 384 g/mol. The predicted octanol–water partition coefficient (Wildman–Crippen LogP) is 3.30. The fraction of sp³-hybridized carbons (Fsp3) is 0.273. The van der Waals surface area contributed by atoms with Crippen LogP contribution < -0.4 is 0 Å². The second kappa shape index (κ2) is 5.89. The molecule has 0 bridgehead atoms. The van der Waals surface area contributed by atoms with E-state index in [2.05, 4.69) is 28.7 Å². The van der Waals surface area contributed by atoms with Gasteiger partial charge >= 0.3 is 102 Å². The fourth-order valence-electron chi connectivity index (χ4n) is 1.32. The first-order chi connectivity index (χ1) is 6.73. The third-order valence-electron chi connectivity index (χ3n) is 2.30. The van der Waals surface area contributed by atoms with Gasteiger partial charge in [-0.3, -0.25) is 0 Å². The van der Waals surface area contributed by atoms with Crippen molar-refractivity contribution in [3.05, 3.63) is 45.6 Å². The third kappa shape index (κ3) is 3.08. The predicted molar refractivity (Wildman–Crippen MR) is 55.8 cm³/mol. The summed E-state index contributed by atoms with van der Waals surface area (Å²) in [6.45, 7) is 2.05. The van der Waals surface area contributed by atoms with Crippen LogP contribution in [0.5, 0.6) is 0 Å². The summed E-state index contributed by atoms with van der Waals surface area (Å²) < 4.78 is 7.64. The van der Waals surface area contributed by atoms with Gasteiger partial charge in [0.1, 0.15) is 0 Å². The van der Waals surface area contributed by atoms with Crippen LogP contribution in [0, 0.1) is 0 Å². The molecule has 0 saturated carbocycles. The standard InChI is InChI=1S/C11H13O.ClH.Hg/c1-4-11(2,12-3)10-8-6-5-7-9-10;;/h1,4-9H,2-3H3;1H;/q;;+1/p-1. The first-order valence-corrected chi connectivity index (χ1v) is 14.5. The molecule has 1 rings (SSSR count). The van der Waals surface area contributed by atoms with E-state index in [1.807, 2.05) is 18.2 Å². The van der Waals surface area contributed by atoms with Crippen LogP contribution in [0.4, 0.5) is 0 Å². The number of hydrogen-bond donors (Lipinski definition) is 0. The van der Waals surface area contributed by atoms with Crippen molar-refractivity contribution in [3.63, 3.8) is 0 Å². The molecule has 1 aromatic carbocycles. The average molecular weight is 397 g/mol. The van der Waals surface area contributed by atoms with Crippen molar-refractivity contribution in [2.45, 2.75) is 12.5 Å². The van der Waals surface area contributed by atoms with E-state index in [0.717, 1.165) is 5.56 Å². The SMILES string of the molecule is COC(C)(/C=[CH]\[Hg][Cl])c1ccccc1. The van der Waals surface area contributed by atoms with Crippen molar-refractivity contribution in [1.29, 1.82) is 0 Å². The van der Waals surface area contributed by atoms with Gasteiger partial charge in [-0.15, -0.1) is 0 Å². The molecule has 0 aromatic heterocycles. The van der Waals surface area contributed by atoms with E-state index < -0.39 is 23.3 Å². The van der Waals surface area contributed by atoms with Crippen LogP contribution in [0.3, 0.4) is 0 Å². The Morgan fingerprint density at radius 2 is 2.00 bits per heavy atom. The van der Waals surface area contributed by atoms with Gasteiger partial charge in [0.15, 0.2) is 0 Å². The number of benzene rings is 1. The Hall–Kier alpha value is 0.145. The summed E-state index contributed by atoms with van der Waals surface area (Å²) in [7, 11) is 7.56. The normalized spacial score (nSPS) is 15.1. The van der Waals surface area contributed by atoms with Gasteiger partial charge in [-0.05, 0) is 0 Å². The van der Waals surface area contributed by atoms with Crippen LogP contribution in [0.15, 0.2) is 40.0 Å². The van der Waals surface area contributed by atoms with E-state index in [1.54, 1.807) is 7.11 Å². The van der Waals surface area contributed by atoms with Gasteiger partial charge < -0.3 is 0 Å². The van der Waals surface area contributed by atoms with Crippen molar-refractivity contribution >= 4 is 8.25 Å². The molecule has 0 amide bonds. The van der Waals surface area contributed by atoms with E-state index in [4.69, 9.17) is 13.0 Å². The van der Waals surface area contributed by atoms with Crippen molar-refractivity contribution in [2.24, 2.45) is 0 Å². The van der Waals surface area contributed by atoms with Gasteiger partial charge in [-0.1, -0.05) is 0 Å². The Morgan fingerprint density at radius 1 is 1.36 bits per heavy atom. The molecule has 14 heavy (non-hydrogen) atoms. The second-order valence-electron chi connectivity index (χ2n) is 3.23. The van der Waals surface area contributed by atoms with Crippen LogP contribution in [0.1, 0.15) is 12.5 Å². The first kappa shape index (κ1) is 12.2. The van der Waals surface area contributed by atoms with Gasteiger partial charge in [0.05, 0.1) is 0 Å². The summed E-state index contributed by atoms with van der Waals surface area (Å²) in [4.78, 5) is 0. The Kier molecular flexibility index (Phi) is 5.14. The van der Waals surface area contributed by atoms with E-state index in [9.17, 15) is 0 Å². The molecule has 1 nitrogen and oxygen atoms in total. The summed E-state index contributed by atoms with van der Waals surface area (Å²) in [5.74, 6) is 0. The maximum absolute atomic E-state index is 5.83. The molecule has 1 aromatic rings. The zero-order valence-electron chi connectivity index (χ0n) is 8.53. The average Bonchev–Trinajstić information content (AvgIpc) is 2.27. The molecule has 0 spiro atoms. The molecule has 0 aliphatic carbocycles. The van der Waals surface area contributed by atoms with Gasteiger partial charge in [-0.25, -0.2) is 0 Å². The van der Waals surface area contributed by atoms with Gasteiger partial charge in [0.2, 0.25) is 0 Å². The van der Waals surface area contributed by atoms with E-state index in [0.29, 0.717) is 0 Å². The summed E-state index contributed by atoms with van der Waals surface area (Å²) in [6.07, 6.45) is 2.08. The zero-order valence-corrected chi connectivity index (χ0v) is 14.8. The van der Waals surface area contributed by atoms with Crippen LogP contribution in [0.2, 0.25) is 0 Å². The van der Waals surface area contributed by atoms with Crippen LogP contribution in [0.25, 0.3) is 0 Å². The Bertz CT molecular complexity index is 299. The van der Waals surface area contributed by atoms with Gasteiger partial charge in [-0.2, -0.15) is 0 Å². The molecular formula is C11H13ClHgO. The number of halogens is 1. The Morgan fingerprint density at radius 3 is 2.50 bits per heavy atom. The van der Waals surface area contributed by atoms with Gasteiger partial charge in [0.25, 0.3) is 0 Å². The fourth-order valence-corrected chi connectivity index (χ4v) is 4.20. The molecule has 0 radical (unpaired) electrons. The van der Waals surface area contributed by atoms with Crippen LogP contribution in [-0.4, -0.2) is 7.11 Å². The molecule has 3 heteroatoms. The molecule has 0 N–H and O–H groups in total. The molecule has 0 heterocycles. The van der Waals surface area contributed by atoms with Crippen molar-refractivity contribution in [3.8, 4) is 0 Å². The number of hydrogen-bond acceptors (Lipinski definition) is 1. The molecule has 1 unspecified atom stereocenters. The third-order valence-corrected chi connectivity index (χ3v) is 5.47. The van der Waals surface area contributed by atoms with E-state index in [1.165, 1.54) is 0 Å². The molecule has 0 aliphatic rings. The molecule has 0 saturated heterocycles. The number of ether oxygens (including phenoxy) is 1. The minimum absolute atomic E-state index is 0.323. The quantitative estimate of drug-likeness (QED) is 0.709. The van der Waals surface area contributed by atoms with E-state index in [-0.39, 0.29) is 5.60 Å². The second-order valence-corrected chi connectivity index (χ2v) is 8.97. The molecule has 0 aliphatic heterocycles. The Balaban J connectivity index is 2.96. The molecule has 72 valence electrons. The topological polar surface area (TPSA) is 9.23 Å².